The Morgan fingerprint density at radius 3 is 2.50 bits per heavy atom. The van der Waals surface area contributed by atoms with Gasteiger partial charge in [-0.05, 0) is 31.9 Å². The minimum Gasteiger partial charge on any atom is -0.314 e. The van der Waals surface area contributed by atoms with E-state index in [4.69, 9.17) is 11.6 Å². The van der Waals surface area contributed by atoms with E-state index in [0.717, 1.165) is 38.2 Å². The summed E-state index contributed by atoms with van der Waals surface area (Å²) in [5.74, 6) is -0.178. The van der Waals surface area contributed by atoms with Gasteiger partial charge in [-0.2, -0.15) is 0 Å². The highest BCUT2D eigenvalue weighted by molar-refractivity contribution is 6.31. The largest absolute Gasteiger partial charge is 0.314 e. The van der Waals surface area contributed by atoms with E-state index in [9.17, 15) is 4.39 Å². The molecule has 1 atom stereocenters. The van der Waals surface area contributed by atoms with E-state index >= 15 is 0 Å². The van der Waals surface area contributed by atoms with Crippen molar-refractivity contribution >= 4 is 36.4 Å². The standard InChI is InChI=1S/C16H22ClFN2.2ClH/c1-11(2)10-14(20-8-6-19-7-9-20)15-13(17)5-4-12(3)16(15)18;;/h4-5,14,19H,1,6-10H2,2-3H3;2*1H/t14-;;/m0../s1. The van der Waals surface area contributed by atoms with Crippen LogP contribution in [-0.4, -0.2) is 31.1 Å². The molecule has 1 N–H and O–H groups in total. The van der Waals surface area contributed by atoms with Gasteiger partial charge in [-0.1, -0.05) is 23.2 Å². The van der Waals surface area contributed by atoms with Crippen LogP contribution in [0.5, 0.6) is 0 Å². The molecule has 0 spiro atoms. The third-order valence-corrected chi connectivity index (χ3v) is 4.12. The number of aryl methyl sites for hydroxylation is 1. The molecular formula is C16H24Cl3FN2. The Balaban J connectivity index is 0.00000220. The van der Waals surface area contributed by atoms with Gasteiger partial charge in [0, 0.05) is 42.8 Å². The lowest BCUT2D eigenvalue weighted by molar-refractivity contribution is 0.169. The fourth-order valence-corrected chi connectivity index (χ4v) is 2.99. The Hall–Kier alpha value is -0.320. The maximum absolute atomic E-state index is 14.6. The Morgan fingerprint density at radius 2 is 1.95 bits per heavy atom. The van der Waals surface area contributed by atoms with Crippen LogP contribution in [0.15, 0.2) is 24.3 Å². The van der Waals surface area contributed by atoms with Crippen LogP contribution in [0.3, 0.4) is 0 Å². The summed E-state index contributed by atoms with van der Waals surface area (Å²) in [4.78, 5) is 2.30. The Kier molecular flexibility index (Phi) is 9.60. The molecule has 1 fully saturated rings. The van der Waals surface area contributed by atoms with Crippen molar-refractivity contribution in [1.82, 2.24) is 10.2 Å². The van der Waals surface area contributed by atoms with Gasteiger partial charge in [0.15, 0.2) is 0 Å². The Labute approximate surface area is 149 Å². The molecule has 0 saturated carbocycles. The number of nitrogens with one attached hydrogen (secondary N) is 1. The zero-order valence-corrected chi connectivity index (χ0v) is 15.4. The molecule has 1 saturated heterocycles. The summed E-state index contributed by atoms with van der Waals surface area (Å²) in [6.45, 7) is 11.4. The fourth-order valence-electron chi connectivity index (χ4n) is 2.72. The van der Waals surface area contributed by atoms with Crippen molar-refractivity contribution in [1.29, 1.82) is 0 Å². The number of nitrogens with zero attached hydrogens (tertiary/aromatic N) is 1. The highest BCUT2D eigenvalue weighted by Gasteiger charge is 2.27. The first-order valence-electron chi connectivity index (χ1n) is 7.04. The summed E-state index contributed by atoms with van der Waals surface area (Å²) in [5.41, 5.74) is 2.31. The highest BCUT2D eigenvalue weighted by atomic mass is 35.5. The first-order chi connectivity index (χ1) is 9.50. The lowest BCUT2D eigenvalue weighted by Gasteiger charge is -2.36. The van der Waals surface area contributed by atoms with Crippen LogP contribution in [0.1, 0.15) is 30.5 Å². The molecule has 6 heteroatoms. The monoisotopic (exact) mass is 368 g/mol. The summed E-state index contributed by atoms with van der Waals surface area (Å²) >= 11 is 6.29. The van der Waals surface area contributed by atoms with Gasteiger partial charge in [-0.25, -0.2) is 4.39 Å². The minimum atomic E-state index is -0.178. The Morgan fingerprint density at radius 1 is 1.36 bits per heavy atom. The predicted molar refractivity (Wildman–Crippen MR) is 97.3 cm³/mol. The quantitative estimate of drug-likeness (QED) is 0.784. The van der Waals surface area contributed by atoms with Gasteiger partial charge in [-0.15, -0.1) is 31.4 Å². The first-order valence-corrected chi connectivity index (χ1v) is 7.42. The van der Waals surface area contributed by atoms with E-state index in [1.54, 1.807) is 19.1 Å². The van der Waals surface area contributed by atoms with E-state index in [1.165, 1.54) is 0 Å². The molecule has 0 aromatic heterocycles. The summed E-state index contributed by atoms with van der Waals surface area (Å²) < 4.78 is 14.6. The second-order valence-electron chi connectivity index (χ2n) is 5.55. The molecule has 22 heavy (non-hydrogen) atoms. The molecular weight excluding hydrogens is 346 g/mol. The number of hydrogen-bond acceptors (Lipinski definition) is 2. The average molecular weight is 370 g/mol. The van der Waals surface area contributed by atoms with Crippen LogP contribution in [0, 0.1) is 12.7 Å². The summed E-state index contributed by atoms with van der Waals surface area (Å²) in [6, 6.07) is 3.50. The van der Waals surface area contributed by atoms with Crippen molar-refractivity contribution in [3.05, 3.63) is 46.3 Å². The normalized spacial score (nSPS) is 16.4. The summed E-state index contributed by atoms with van der Waals surface area (Å²) in [6.07, 6.45) is 0.736. The number of halogens is 4. The maximum Gasteiger partial charge on any atom is 0.132 e. The molecule has 0 radical (unpaired) electrons. The van der Waals surface area contributed by atoms with E-state index in [0.29, 0.717) is 16.1 Å². The molecule has 0 amide bonds. The average Bonchev–Trinajstić information content (AvgIpc) is 2.43. The van der Waals surface area contributed by atoms with Crippen LogP contribution in [0.2, 0.25) is 5.02 Å². The second kappa shape index (κ2) is 9.74. The molecule has 1 aliphatic rings. The van der Waals surface area contributed by atoms with Crippen LogP contribution in [0.4, 0.5) is 4.39 Å². The smallest absolute Gasteiger partial charge is 0.132 e. The van der Waals surface area contributed by atoms with Gasteiger partial charge >= 0.3 is 0 Å². The lowest BCUT2D eigenvalue weighted by atomic mass is 9.95. The van der Waals surface area contributed by atoms with Crippen molar-refractivity contribution in [2.75, 3.05) is 26.2 Å². The molecule has 126 valence electrons. The third kappa shape index (κ3) is 5.10. The number of benzene rings is 1. The summed E-state index contributed by atoms with van der Waals surface area (Å²) in [7, 11) is 0. The van der Waals surface area contributed by atoms with Gasteiger partial charge < -0.3 is 5.32 Å². The number of hydrogen-bond donors (Lipinski definition) is 1. The molecule has 1 heterocycles. The Bertz CT molecular complexity index is 502. The van der Waals surface area contributed by atoms with Crippen LogP contribution in [-0.2, 0) is 0 Å². The van der Waals surface area contributed by atoms with Crippen molar-refractivity contribution in [2.45, 2.75) is 26.3 Å². The van der Waals surface area contributed by atoms with E-state index in [2.05, 4.69) is 16.8 Å². The molecule has 2 nitrogen and oxygen atoms in total. The minimum absolute atomic E-state index is 0. The zero-order valence-electron chi connectivity index (χ0n) is 13.0. The van der Waals surface area contributed by atoms with Gasteiger partial charge in [0.2, 0.25) is 0 Å². The number of piperazine rings is 1. The van der Waals surface area contributed by atoms with Gasteiger partial charge in [0.05, 0.1) is 0 Å². The fraction of sp³-hybridized carbons (Fsp3) is 0.500. The predicted octanol–water partition coefficient (Wildman–Crippen LogP) is 4.54. The summed E-state index contributed by atoms with van der Waals surface area (Å²) in [5, 5.41) is 3.84. The molecule has 1 aromatic rings. The highest BCUT2D eigenvalue weighted by Crippen LogP contribution is 2.35. The van der Waals surface area contributed by atoms with Gasteiger partial charge in [-0.3, -0.25) is 4.90 Å². The molecule has 0 bridgehead atoms. The van der Waals surface area contributed by atoms with E-state index < -0.39 is 0 Å². The van der Waals surface area contributed by atoms with Gasteiger partial charge in [0.25, 0.3) is 0 Å². The van der Waals surface area contributed by atoms with Crippen LogP contribution < -0.4 is 5.32 Å². The number of rotatable bonds is 4. The molecule has 1 aliphatic heterocycles. The second-order valence-corrected chi connectivity index (χ2v) is 5.96. The van der Waals surface area contributed by atoms with Crippen LogP contribution in [0.25, 0.3) is 0 Å². The SMILES string of the molecule is C=C(C)C[C@@H](c1c(Cl)ccc(C)c1F)N1CCNCC1.Cl.Cl. The van der Waals surface area contributed by atoms with Crippen LogP contribution >= 0.6 is 36.4 Å². The topological polar surface area (TPSA) is 15.3 Å². The van der Waals surface area contributed by atoms with E-state index in [1.807, 2.05) is 6.92 Å². The van der Waals surface area contributed by atoms with Crippen molar-refractivity contribution in [3.8, 4) is 0 Å². The van der Waals surface area contributed by atoms with Crippen molar-refractivity contribution in [2.24, 2.45) is 0 Å². The van der Waals surface area contributed by atoms with Gasteiger partial charge in [0.1, 0.15) is 5.82 Å². The third-order valence-electron chi connectivity index (χ3n) is 3.79. The van der Waals surface area contributed by atoms with Crippen molar-refractivity contribution < 1.29 is 4.39 Å². The lowest BCUT2D eigenvalue weighted by Crippen LogP contribution is -2.45. The zero-order chi connectivity index (χ0) is 14.7. The molecule has 1 aromatic carbocycles. The van der Waals surface area contributed by atoms with Crippen molar-refractivity contribution in [3.63, 3.8) is 0 Å². The van der Waals surface area contributed by atoms with E-state index in [-0.39, 0.29) is 36.7 Å². The molecule has 0 aliphatic carbocycles. The maximum atomic E-state index is 14.6. The molecule has 2 rings (SSSR count). The first kappa shape index (κ1) is 21.7. The molecule has 0 unspecified atom stereocenters.